The summed E-state index contributed by atoms with van der Waals surface area (Å²) in [4.78, 5) is 23.9. The molecule has 8 heteroatoms. The monoisotopic (exact) mass is 497 g/mol. The van der Waals surface area contributed by atoms with Gasteiger partial charge in [-0.15, -0.1) is 0 Å². The summed E-state index contributed by atoms with van der Waals surface area (Å²) in [5.74, 6) is -0.137. The Balaban J connectivity index is 1.86. The Morgan fingerprint density at radius 2 is 2.03 bits per heavy atom. The molecule has 2 N–H and O–H groups in total. The zero-order valence-electron chi connectivity index (χ0n) is 18.7. The van der Waals surface area contributed by atoms with Crippen LogP contribution in [0.2, 0.25) is 0 Å². The largest absolute Gasteiger partial charge is 0.348 e. The van der Waals surface area contributed by atoms with E-state index in [1.54, 1.807) is 10.9 Å². The van der Waals surface area contributed by atoms with Gasteiger partial charge in [-0.2, -0.15) is 5.10 Å². The zero-order valence-corrected chi connectivity index (χ0v) is 20.3. The maximum Gasteiger partial charge on any atom is 0.252 e. The molecule has 0 unspecified atom stereocenters. The second-order valence-electron chi connectivity index (χ2n) is 7.98. The van der Waals surface area contributed by atoms with E-state index in [9.17, 15) is 9.59 Å². The minimum atomic E-state index is -0.137. The van der Waals surface area contributed by atoms with Crippen LogP contribution in [0.25, 0.3) is 10.9 Å². The smallest absolute Gasteiger partial charge is 0.252 e. The summed E-state index contributed by atoms with van der Waals surface area (Å²) in [5.41, 5.74) is 4.31. The van der Waals surface area contributed by atoms with Crippen LogP contribution in [0.1, 0.15) is 44.1 Å². The number of carbonyl (C=O) groups excluding carboxylic acids is 2. The van der Waals surface area contributed by atoms with Gasteiger partial charge in [0.05, 0.1) is 12.1 Å². The van der Waals surface area contributed by atoms with Gasteiger partial charge in [0, 0.05) is 52.3 Å². The van der Waals surface area contributed by atoms with Gasteiger partial charge in [-0.25, -0.2) is 0 Å². The molecule has 0 spiro atoms. The second-order valence-corrected chi connectivity index (χ2v) is 8.90. The fourth-order valence-electron chi connectivity index (χ4n) is 3.56. The first-order valence-corrected chi connectivity index (χ1v) is 11.2. The highest BCUT2D eigenvalue weighted by atomic mass is 79.9. The first-order valence-electron chi connectivity index (χ1n) is 10.4. The number of nitrogens with zero attached hydrogens (tertiary/aromatic N) is 3. The lowest BCUT2D eigenvalue weighted by Crippen LogP contribution is -2.26. The third-order valence-electron chi connectivity index (χ3n) is 5.24. The number of allylic oxidation sites excluding steroid dienone is 3. The molecule has 0 saturated carbocycles. The minimum absolute atomic E-state index is 0.137. The molecular formula is C24H28BrN5O2. The van der Waals surface area contributed by atoms with Crippen LogP contribution in [-0.2, 0) is 11.3 Å². The van der Waals surface area contributed by atoms with Gasteiger partial charge in [-0.05, 0) is 69.2 Å². The van der Waals surface area contributed by atoms with Crippen LogP contribution >= 0.6 is 15.9 Å². The second kappa shape index (κ2) is 10.5. The fraction of sp³-hybridized carbons (Fsp3) is 0.292. The SMILES string of the molecule is C/C(=C/C(Cn1cccn1)=C(\C)CNC(=O)c1cc(Br)cc2c1ccn2C(C)C)NC=O. The van der Waals surface area contributed by atoms with Crippen LogP contribution in [-0.4, -0.2) is 33.2 Å². The van der Waals surface area contributed by atoms with Crippen molar-refractivity contribution in [3.05, 3.63) is 75.8 Å². The van der Waals surface area contributed by atoms with E-state index in [1.807, 2.05) is 56.6 Å². The number of hydrogen-bond donors (Lipinski definition) is 2. The van der Waals surface area contributed by atoms with E-state index in [2.05, 4.69) is 50.1 Å². The standard InChI is InChI=1S/C24H28BrN5O2/c1-16(2)30-9-6-21-22(11-20(25)12-23(21)30)24(32)26-13-17(3)19(10-18(4)27-15-31)14-29-8-5-7-28-29/h5-12,15-16H,13-14H2,1-4H3,(H,26,32)(H,27,31)/b18-10-,19-17-. The predicted octanol–water partition coefficient (Wildman–Crippen LogP) is 4.58. The molecule has 0 aliphatic rings. The first kappa shape index (κ1) is 23.5. The van der Waals surface area contributed by atoms with Gasteiger partial charge < -0.3 is 15.2 Å². The molecule has 0 aliphatic heterocycles. The van der Waals surface area contributed by atoms with Gasteiger partial charge in [-0.3, -0.25) is 14.3 Å². The highest BCUT2D eigenvalue weighted by Gasteiger charge is 2.15. The van der Waals surface area contributed by atoms with E-state index < -0.39 is 0 Å². The molecule has 2 amide bonds. The number of amides is 2. The molecule has 3 rings (SSSR count). The summed E-state index contributed by atoms with van der Waals surface area (Å²) in [6.45, 7) is 8.93. The number of rotatable bonds is 9. The van der Waals surface area contributed by atoms with Crippen LogP contribution in [0, 0.1) is 0 Å². The van der Waals surface area contributed by atoms with E-state index in [1.165, 1.54) is 0 Å². The quantitative estimate of drug-likeness (QED) is 0.335. The van der Waals surface area contributed by atoms with Gasteiger partial charge in [0.2, 0.25) is 6.41 Å². The lowest BCUT2D eigenvalue weighted by atomic mass is 10.1. The van der Waals surface area contributed by atoms with Gasteiger partial charge >= 0.3 is 0 Å². The van der Waals surface area contributed by atoms with E-state index in [0.29, 0.717) is 31.1 Å². The van der Waals surface area contributed by atoms with Crippen molar-refractivity contribution in [2.75, 3.05) is 6.54 Å². The number of benzene rings is 1. The van der Waals surface area contributed by atoms with Crippen molar-refractivity contribution in [1.29, 1.82) is 0 Å². The summed E-state index contributed by atoms with van der Waals surface area (Å²) in [7, 11) is 0. The third-order valence-corrected chi connectivity index (χ3v) is 5.69. The van der Waals surface area contributed by atoms with Crippen molar-refractivity contribution in [3.63, 3.8) is 0 Å². The predicted molar refractivity (Wildman–Crippen MR) is 130 cm³/mol. The molecule has 2 aromatic heterocycles. The normalized spacial score (nSPS) is 12.8. The molecule has 0 atom stereocenters. The molecule has 7 nitrogen and oxygen atoms in total. The minimum Gasteiger partial charge on any atom is -0.348 e. The lowest BCUT2D eigenvalue weighted by molar-refractivity contribution is -0.108. The van der Waals surface area contributed by atoms with Crippen LogP contribution < -0.4 is 10.6 Å². The average Bonchev–Trinajstić information content (AvgIpc) is 3.40. The number of fused-ring (bicyclic) bond motifs is 1. The highest BCUT2D eigenvalue weighted by molar-refractivity contribution is 9.10. The van der Waals surface area contributed by atoms with Crippen molar-refractivity contribution < 1.29 is 9.59 Å². The third kappa shape index (κ3) is 5.56. The number of halogens is 1. The number of hydrogen-bond acceptors (Lipinski definition) is 3. The Morgan fingerprint density at radius 1 is 1.25 bits per heavy atom. The highest BCUT2D eigenvalue weighted by Crippen LogP contribution is 2.27. The van der Waals surface area contributed by atoms with E-state index in [0.717, 1.165) is 32.2 Å². The molecule has 0 radical (unpaired) electrons. The van der Waals surface area contributed by atoms with Crippen LogP contribution in [0.5, 0.6) is 0 Å². The number of carbonyl (C=O) groups is 2. The van der Waals surface area contributed by atoms with Gasteiger partial charge in [0.1, 0.15) is 0 Å². The number of aromatic nitrogens is 3. The summed E-state index contributed by atoms with van der Waals surface area (Å²) < 4.78 is 4.82. The lowest BCUT2D eigenvalue weighted by Gasteiger charge is -2.13. The Bertz CT molecular complexity index is 1170. The number of nitrogens with one attached hydrogen (secondary N) is 2. The molecule has 0 aliphatic carbocycles. The van der Waals surface area contributed by atoms with Crippen LogP contribution in [0.4, 0.5) is 0 Å². The van der Waals surface area contributed by atoms with Crippen molar-refractivity contribution >= 4 is 39.2 Å². The maximum atomic E-state index is 13.1. The Kier molecular flexibility index (Phi) is 7.69. The molecule has 1 aromatic carbocycles. The molecule has 0 saturated heterocycles. The first-order chi connectivity index (χ1) is 15.3. The average molecular weight is 498 g/mol. The Hall–Kier alpha value is -3.13. The topological polar surface area (TPSA) is 81.0 Å². The van der Waals surface area contributed by atoms with Crippen molar-refractivity contribution in [2.45, 2.75) is 40.3 Å². The molecular weight excluding hydrogens is 470 g/mol. The van der Waals surface area contributed by atoms with Crippen LogP contribution in [0.15, 0.2) is 70.2 Å². The molecule has 2 heterocycles. The summed E-state index contributed by atoms with van der Waals surface area (Å²) >= 11 is 3.54. The van der Waals surface area contributed by atoms with Crippen molar-refractivity contribution in [1.82, 2.24) is 25.0 Å². The van der Waals surface area contributed by atoms with E-state index >= 15 is 0 Å². The van der Waals surface area contributed by atoms with Crippen LogP contribution in [0.3, 0.4) is 0 Å². The van der Waals surface area contributed by atoms with Gasteiger partial charge in [0.15, 0.2) is 0 Å². The molecule has 168 valence electrons. The zero-order chi connectivity index (χ0) is 23.3. The fourth-order valence-corrected chi connectivity index (χ4v) is 4.00. The molecule has 32 heavy (non-hydrogen) atoms. The molecule has 3 aromatic rings. The molecule has 0 fully saturated rings. The van der Waals surface area contributed by atoms with E-state index in [-0.39, 0.29) is 5.91 Å². The van der Waals surface area contributed by atoms with Gasteiger partial charge in [-0.1, -0.05) is 15.9 Å². The Labute approximate surface area is 196 Å². The van der Waals surface area contributed by atoms with Gasteiger partial charge in [0.25, 0.3) is 5.91 Å². The summed E-state index contributed by atoms with van der Waals surface area (Å²) in [5, 5.41) is 10.9. The van der Waals surface area contributed by atoms with E-state index in [4.69, 9.17) is 0 Å². The summed E-state index contributed by atoms with van der Waals surface area (Å²) in [6.07, 6.45) is 8.16. The van der Waals surface area contributed by atoms with Crippen molar-refractivity contribution in [3.8, 4) is 0 Å². The van der Waals surface area contributed by atoms with Crippen molar-refractivity contribution in [2.24, 2.45) is 0 Å². The summed E-state index contributed by atoms with van der Waals surface area (Å²) in [6, 6.07) is 8.02. The maximum absolute atomic E-state index is 13.1. The Morgan fingerprint density at radius 3 is 2.69 bits per heavy atom. The molecule has 0 bridgehead atoms.